The first-order chi connectivity index (χ1) is 15.9. The third-order valence-electron chi connectivity index (χ3n) is 6.74. The van der Waals surface area contributed by atoms with Gasteiger partial charge < -0.3 is 19.8 Å². The van der Waals surface area contributed by atoms with E-state index in [-0.39, 0.29) is 23.8 Å². The van der Waals surface area contributed by atoms with Crippen LogP contribution in [-0.2, 0) is 4.79 Å². The first kappa shape index (κ1) is 22.9. The number of piperidine rings is 1. The zero-order chi connectivity index (χ0) is 23.5. The number of carbonyl (C=O) groups excluding carboxylic acids is 1. The van der Waals surface area contributed by atoms with Gasteiger partial charge in [-0.2, -0.15) is 5.26 Å². The van der Waals surface area contributed by atoms with E-state index in [2.05, 4.69) is 16.0 Å². The molecule has 1 aromatic heterocycles. The van der Waals surface area contributed by atoms with Crippen LogP contribution in [0.1, 0.15) is 29.9 Å². The Labute approximate surface area is 198 Å². The van der Waals surface area contributed by atoms with Gasteiger partial charge in [0, 0.05) is 56.3 Å². The lowest BCUT2D eigenvalue weighted by Crippen LogP contribution is -2.44. The number of benzene rings is 1. The van der Waals surface area contributed by atoms with Gasteiger partial charge in [0.2, 0.25) is 5.91 Å². The van der Waals surface area contributed by atoms with Crippen LogP contribution >= 0.6 is 11.6 Å². The minimum absolute atomic E-state index is 0.0858. The molecule has 9 heteroatoms. The highest BCUT2D eigenvalue weighted by atomic mass is 35.5. The molecule has 0 radical (unpaired) electrons. The Kier molecular flexibility index (Phi) is 6.70. The maximum absolute atomic E-state index is 13.4. The molecule has 2 fully saturated rings. The van der Waals surface area contributed by atoms with E-state index in [1.54, 1.807) is 31.4 Å². The summed E-state index contributed by atoms with van der Waals surface area (Å²) in [5.74, 6) is 0.698. The topological polar surface area (TPSA) is 101 Å². The van der Waals surface area contributed by atoms with Gasteiger partial charge in [0.1, 0.15) is 11.9 Å². The van der Waals surface area contributed by atoms with Crippen molar-refractivity contribution in [1.82, 2.24) is 14.8 Å². The lowest BCUT2D eigenvalue weighted by Gasteiger charge is -2.34. The Hall–Kier alpha value is -3.31. The molecule has 1 aromatic carbocycles. The predicted molar refractivity (Wildman–Crippen MR) is 124 cm³/mol. The molecule has 0 saturated carbocycles. The molecule has 4 rings (SSSR count). The van der Waals surface area contributed by atoms with E-state index in [4.69, 9.17) is 16.9 Å². The number of nitrogens with zero attached hydrogens (tertiary/aromatic N) is 5. The largest absolute Gasteiger partial charge is 0.465 e. The monoisotopic (exact) mass is 467 g/mol. The zero-order valence-corrected chi connectivity index (χ0v) is 19.1. The number of nitriles is 1. The summed E-state index contributed by atoms with van der Waals surface area (Å²) in [4.78, 5) is 34.7. The van der Waals surface area contributed by atoms with Gasteiger partial charge in [-0.3, -0.25) is 4.79 Å². The number of carbonyl (C=O) groups is 2. The van der Waals surface area contributed by atoms with Crippen molar-refractivity contribution >= 4 is 29.4 Å². The summed E-state index contributed by atoms with van der Waals surface area (Å²) in [6, 6.07) is 12.8. The van der Waals surface area contributed by atoms with E-state index in [9.17, 15) is 14.7 Å². The summed E-state index contributed by atoms with van der Waals surface area (Å²) in [5.41, 5.74) is 1.50. The second kappa shape index (κ2) is 9.67. The number of aromatic nitrogens is 1. The number of likely N-dealkylation sites (tertiary alicyclic amines) is 1. The second-order valence-electron chi connectivity index (χ2n) is 8.64. The lowest BCUT2D eigenvalue weighted by atomic mass is 9.93. The van der Waals surface area contributed by atoms with Crippen molar-refractivity contribution in [3.05, 3.63) is 58.7 Å². The van der Waals surface area contributed by atoms with E-state index in [0.29, 0.717) is 49.6 Å². The molecule has 2 atom stereocenters. The standard InChI is InChI=1S/C24H26ClN5O3/c1-28(24(32)33)21-15-30(14-20(21)17-3-5-19(25)6-4-17)23(31)18-8-10-29(11-9-18)22-7-2-16(12-26)13-27-22/h2-7,13,18,20-21H,8-11,14-15H2,1H3,(H,32,33)/t20-,21+/m0/s1. The SMILES string of the molecule is CN(C(=O)O)[C@@H]1CN(C(=O)C2CCN(c3ccc(C#N)cn3)CC2)C[C@H]1c1ccc(Cl)cc1. The quantitative estimate of drug-likeness (QED) is 0.739. The van der Waals surface area contributed by atoms with Crippen molar-refractivity contribution in [3.8, 4) is 6.07 Å². The Morgan fingerprint density at radius 2 is 1.85 bits per heavy atom. The summed E-state index contributed by atoms with van der Waals surface area (Å²) in [6.07, 6.45) is 1.98. The lowest BCUT2D eigenvalue weighted by molar-refractivity contribution is -0.135. The van der Waals surface area contributed by atoms with Gasteiger partial charge in [-0.05, 0) is 42.7 Å². The molecule has 2 amide bonds. The van der Waals surface area contributed by atoms with Crippen molar-refractivity contribution in [1.29, 1.82) is 5.26 Å². The Morgan fingerprint density at radius 3 is 2.42 bits per heavy atom. The molecule has 0 unspecified atom stereocenters. The Balaban J connectivity index is 1.43. The van der Waals surface area contributed by atoms with Crippen molar-refractivity contribution in [2.45, 2.75) is 24.8 Å². The fourth-order valence-electron chi connectivity index (χ4n) is 4.79. The molecule has 0 bridgehead atoms. The fourth-order valence-corrected chi connectivity index (χ4v) is 4.92. The number of hydrogen-bond acceptors (Lipinski definition) is 5. The second-order valence-corrected chi connectivity index (χ2v) is 9.08. The van der Waals surface area contributed by atoms with Crippen molar-refractivity contribution in [2.75, 3.05) is 38.1 Å². The predicted octanol–water partition coefficient (Wildman–Crippen LogP) is 3.43. The number of rotatable bonds is 4. The molecule has 2 aromatic rings. The van der Waals surface area contributed by atoms with Crippen LogP contribution in [-0.4, -0.2) is 71.2 Å². The van der Waals surface area contributed by atoms with Crippen LogP contribution in [0, 0.1) is 17.2 Å². The maximum atomic E-state index is 13.4. The van der Waals surface area contributed by atoms with Gasteiger partial charge in [-0.15, -0.1) is 0 Å². The number of anilines is 1. The third-order valence-corrected chi connectivity index (χ3v) is 7.00. The average Bonchev–Trinajstić information content (AvgIpc) is 3.29. The summed E-state index contributed by atoms with van der Waals surface area (Å²) in [5, 5.41) is 19.1. The van der Waals surface area contributed by atoms with Crippen LogP contribution in [0.2, 0.25) is 5.02 Å². The minimum atomic E-state index is -1.00. The highest BCUT2D eigenvalue weighted by Gasteiger charge is 2.42. The number of hydrogen-bond donors (Lipinski definition) is 1. The summed E-state index contributed by atoms with van der Waals surface area (Å²) in [6.45, 7) is 2.29. The Morgan fingerprint density at radius 1 is 1.15 bits per heavy atom. The van der Waals surface area contributed by atoms with E-state index in [0.717, 1.165) is 11.4 Å². The zero-order valence-electron chi connectivity index (χ0n) is 18.4. The van der Waals surface area contributed by atoms with Crippen LogP contribution in [0.3, 0.4) is 0 Å². The number of likely N-dealkylation sites (N-methyl/N-ethyl adjacent to an activating group) is 1. The molecule has 1 N–H and O–H groups in total. The van der Waals surface area contributed by atoms with Crippen molar-refractivity contribution in [2.24, 2.45) is 5.92 Å². The molecule has 0 aliphatic carbocycles. The molecule has 3 heterocycles. The van der Waals surface area contributed by atoms with E-state index < -0.39 is 6.09 Å². The van der Waals surface area contributed by atoms with Gasteiger partial charge in [0.15, 0.2) is 0 Å². The fraction of sp³-hybridized carbons (Fsp3) is 0.417. The van der Waals surface area contributed by atoms with Gasteiger partial charge in [0.25, 0.3) is 0 Å². The van der Waals surface area contributed by atoms with E-state index >= 15 is 0 Å². The first-order valence-electron chi connectivity index (χ1n) is 11.0. The van der Waals surface area contributed by atoms with Crippen LogP contribution in [0.4, 0.5) is 10.6 Å². The van der Waals surface area contributed by atoms with Gasteiger partial charge >= 0.3 is 6.09 Å². The van der Waals surface area contributed by atoms with E-state index in [1.165, 1.54) is 4.90 Å². The summed E-state index contributed by atoms with van der Waals surface area (Å²) in [7, 11) is 1.56. The summed E-state index contributed by atoms with van der Waals surface area (Å²) < 4.78 is 0. The van der Waals surface area contributed by atoms with Crippen LogP contribution < -0.4 is 4.90 Å². The van der Waals surface area contributed by atoms with Crippen molar-refractivity contribution in [3.63, 3.8) is 0 Å². The molecule has 172 valence electrons. The van der Waals surface area contributed by atoms with Crippen molar-refractivity contribution < 1.29 is 14.7 Å². The molecule has 2 aliphatic rings. The molecule has 8 nitrogen and oxygen atoms in total. The number of amides is 2. The van der Waals surface area contributed by atoms with E-state index in [1.807, 2.05) is 23.1 Å². The maximum Gasteiger partial charge on any atom is 0.407 e. The van der Waals surface area contributed by atoms with Crippen LogP contribution in [0.5, 0.6) is 0 Å². The minimum Gasteiger partial charge on any atom is -0.465 e. The first-order valence-corrected chi connectivity index (χ1v) is 11.4. The van der Waals surface area contributed by atoms with Crippen LogP contribution in [0.25, 0.3) is 0 Å². The molecule has 2 saturated heterocycles. The molecular formula is C24H26ClN5O3. The normalized spacial score (nSPS) is 21.0. The van der Waals surface area contributed by atoms with Gasteiger partial charge in [0.05, 0.1) is 11.6 Å². The van der Waals surface area contributed by atoms with Crippen LogP contribution in [0.15, 0.2) is 42.6 Å². The highest BCUT2D eigenvalue weighted by Crippen LogP contribution is 2.34. The Bertz CT molecular complexity index is 1050. The third kappa shape index (κ3) is 4.88. The molecule has 2 aliphatic heterocycles. The number of halogens is 1. The highest BCUT2D eigenvalue weighted by molar-refractivity contribution is 6.30. The molecule has 33 heavy (non-hydrogen) atoms. The molecule has 0 spiro atoms. The average molecular weight is 468 g/mol. The number of carboxylic acid groups (broad SMARTS) is 1. The smallest absolute Gasteiger partial charge is 0.407 e. The van der Waals surface area contributed by atoms with Gasteiger partial charge in [-0.1, -0.05) is 23.7 Å². The summed E-state index contributed by atoms with van der Waals surface area (Å²) >= 11 is 6.03. The molecular weight excluding hydrogens is 442 g/mol. The number of pyridine rings is 1. The van der Waals surface area contributed by atoms with Gasteiger partial charge in [-0.25, -0.2) is 9.78 Å².